The Morgan fingerprint density at radius 1 is 0.451 bits per heavy atom. The minimum absolute atomic E-state index is 0.459. The summed E-state index contributed by atoms with van der Waals surface area (Å²) in [6.07, 6.45) is 0. The van der Waals surface area contributed by atoms with E-state index in [9.17, 15) is 0 Å². The van der Waals surface area contributed by atoms with Crippen LogP contribution in [0.4, 0.5) is 0 Å². The third kappa shape index (κ3) is 4.05. The first-order chi connectivity index (χ1) is 25.3. The fourth-order valence-corrected chi connectivity index (χ4v) is 9.52. The van der Waals surface area contributed by atoms with Crippen LogP contribution in [0.25, 0.3) is 65.2 Å². The van der Waals surface area contributed by atoms with E-state index >= 15 is 0 Å². The highest BCUT2D eigenvalue weighted by atomic mass is 32.1. The van der Waals surface area contributed by atoms with Crippen LogP contribution in [0.5, 0.6) is 11.5 Å². The van der Waals surface area contributed by atoms with Gasteiger partial charge in [-0.05, 0) is 57.6 Å². The third-order valence-electron chi connectivity index (χ3n) is 10.6. The van der Waals surface area contributed by atoms with E-state index in [-0.39, 0.29) is 0 Å². The summed E-state index contributed by atoms with van der Waals surface area (Å²) in [7, 11) is 0. The average molecular weight is 669 g/mol. The molecule has 1 aliphatic carbocycles. The smallest absolute Gasteiger partial charge is 0.160 e. The monoisotopic (exact) mass is 668 g/mol. The van der Waals surface area contributed by atoms with E-state index in [1.54, 1.807) is 11.3 Å². The van der Waals surface area contributed by atoms with E-state index in [4.69, 9.17) is 14.7 Å². The summed E-state index contributed by atoms with van der Waals surface area (Å²) in [5.41, 5.74) is 13.4. The van der Waals surface area contributed by atoms with Crippen LogP contribution in [0.2, 0.25) is 0 Å². The number of fused-ring (bicyclic) bond motifs is 12. The lowest BCUT2D eigenvalue weighted by Crippen LogP contribution is -2.32. The Hall–Kier alpha value is -6.36. The molecule has 0 bridgehead atoms. The molecule has 0 N–H and O–H groups in total. The van der Waals surface area contributed by atoms with Crippen molar-refractivity contribution in [1.82, 2.24) is 9.97 Å². The van der Waals surface area contributed by atoms with Gasteiger partial charge in [0, 0.05) is 32.3 Å². The maximum atomic E-state index is 6.50. The lowest BCUT2D eigenvalue weighted by atomic mass is 9.66. The zero-order valence-electron chi connectivity index (χ0n) is 27.4. The molecular formula is C47H28N2OS. The molecule has 0 radical (unpaired) electrons. The Kier molecular flexibility index (Phi) is 6.04. The number of hydrogen-bond acceptors (Lipinski definition) is 4. The molecule has 0 saturated heterocycles. The molecule has 11 rings (SSSR count). The SMILES string of the molecule is c1ccc(-c2nc(-c3ccc(-c4ccc5c(c4)-c4ccccc4C54c5ccccc5Oc5ccccc54)cc3)c3sc4ccccc4c3n2)cc1. The van der Waals surface area contributed by atoms with E-state index in [0.717, 1.165) is 49.9 Å². The lowest BCUT2D eigenvalue weighted by Gasteiger charge is -2.39. The van der Waals surface area contributed by atoms with Gasteiger partial charge in [-0.1, -0.05) is 146 Å². The highest BCUT2D eigenvalue weighted by Crippen LogP contribution is 2.62. The van der Waals surface area contributed by atoms with Crippen LogP contribution in [0.15, 0.2) is 170 Å². The van der Waals surface area contributed by atoms with Crippen molar-refractivity contribution in [3.63, 3.8) is 0 Å². The topological polar surface area (TPSA) is 35.0 Å². The number of benzene rings is 7. The summed E-state index contributed by atoms with van der Waals surface area (Å²) < 4.78 is 8.83. The first kappa shape index (κ1) is 28.5. The molecule has 2 aromatic heterocycles. The standard InChI is InChI=1S/C47H28N2OS/c1-2-12-31(13-3-1)46-48-43(45-44(49-46)34-15-5-11-21-42(34)51-45)30-24-22-29(23-25-30)32-26-27-37-35(28-32)33-14-4-6-16-36(33)47(37)38-17-7-9-19-40(38)50-41-20-10-8-18-39(41)47/h1-28H. The summed E-state index contributed by atoms with van der Waals surface area (Å²) in [5.74, 6) is 2.56. The lowest BCUT2D eigenvalue weighted by molar-refractivity contribution is 0.436. The average Bonchev–Trinajstić information content (AvgIpc) is 3.72. The van der Waals surface area contributed by atoms with Gasteiger partial charge < -0.3 is 4.74 Å². The number of thiophene rings is 1. The zero-order chi connectivity index (χ0) is 33.5. The summed E-state index contributed by atoms with van der Waals surface area (Å²) in [5, 5.41) is 1.17. The van der Waals surface area contributed by atoms with Crippen molar-refractivity contribution in [3.8, 4) is 56.4 Å². The van der Waals surface area contributed by atoms with Gasteiger partial charge in [0.15, 0.2) is 5.82 Å². The van der Waals surface area contributed by atoms with Crippen molar-refractivity contribution >= 4 is 31.6 Å². The number of rotatable bonds is 3. The molecule has 1 spiro atoms. The van der Waals surface area contributed by atoms with Gasteiger partial charge in [0.2, 0.25) is 0 Å². The van der Waals surface area contributed by atoms with Crippen LogP contribution in [-0.2, 0) is 5.41 Å². The third-order valence-corrected chi connectivity index (χ3v) is 11.8. The summed E-state index contributed by atoms with van der Waals surface area (Å²) >= 11 is 1.76. The molecule has 3 nitrogen and oxygen atoms in total. The van der Waals surface area contributed by atoms with E-state index in [1.165, 1.54) is 49.0 Å². The molecule has 2 aliphatic rings. The van der Waals surface area contributed by atoms with Gasteiger partial charge >= 0.3 is 0 Å². The second-order valence-corrected chi connectivity index (χ2v) is 14.3. The minimum Gasteiger partial charge on any atom is -0.457 e. The van der Waals surface area contributed by atoms with E-state index in [1.807, 2.05) is 18.2 Å². The maximum absolute atomic E-state index is 6.50. The molecule has 9 aromatic rings. The van der Waals surface area contributed by atoms with Crippen LogP contribution in [-0.4, -0.2) is 9.97 Å². The Morgan fingerprint density at radius 3 is 1.84 bits per heavy atom. The Bertz CT molecular complexity index is 2790. The second kappa shape index (κ2) is 10.8. The number of para-hydroxylation sites is 2. The van der Waals surface area contributed by atoms with Crippen LogP contribution in [0, 0.1) is 0 Å². The van der Waals surface area contributed by atoms with Crippen LogP contribution in [0.3, 0.4) is 0 Å². The minimum atomic E-state index is -0.459. The molecule has 0 unspecified atom stereocenters. The van der Waals surface area contributed by atoms with Gasteiger partial charge in [0.05, 0.1) is 21.3 Å². The number of aromatic nitrogens is 2. The van der Waals surface area contributed by atoms with E-state index < -0.39 is 5.41 Å². The Morgan fingerprint density at radius 2 is 1.06 bits per heavy atom. The molecule has 7 aromatic carbocycles. The Labute approximate surface area is 299 Å². The highest BCUT2D eigenvalue weighted by Gasteiger charge is 2.50. The van der Waals surface area contributed by atoms with Gasteiger partial charge in [0.25, 0.3) is 0 Å². The van der Waals surface area contributed by atoms with Crippen LogP contribution < -0.4 is 4.74 Å². The molecule has 3 heterocycles. The summed E-state index contributed by atoms with van der Waals surface area (Å²) in [4.78, 5) is 10.3. The number of hydrogen-bond donors (Lipinski definition) is 0. The summed E-state index contributed by atoms with van der Waals surface area (Å²) in [6.45, 7) is 0. The zero-order valence-corrected chi connectivity index (χ0v) is 28.2. The summed E-state index contributed by atoms with van der Waals surface area (Å²) in [6, 6.07) is 60.6. The second-order valence-electron chi connectivity index (χ2n) is 13.3. The predicted octanol–water partition coefficient (Wildman–Crippen LogP) is 12.3. The quantitative estimate of drug-likeness (QED) is 0.188. The fraction of sp³-hybridized carbons (Fsp3) is 0.0213. The number of ether oxygens (including phenoxy) is 1. The van der Waals surface area contributed by atoms with E-state index in [2.05, 4.69) is 152 Å². The van der Waals surface area contributed by atoms with Crippen molar-refractivity contribution in [2.75, 3.05) is 0 Å². The van der Waals surface area contributed by atoms with E-state index in [0.29, 0.717) is 0 Å². The largest absolute Gasteiger partial charge is 0.457 e. The molecule has 238 valence electrons. The number of nitrogens with zero attached hydrogens (tertiary/aromatic N) is 2. The van der Waals surface area contributed by atoms with Gasteiger partial charge in [-0.15, -0.1) is 11.3 Å². The molecule has 51 heavy (non-hydrogen) atoms. The van der Waals surface area contributed by atoms with Gasteiger partial charge in [-0.3, -0.25) is 0 Å². The van der Waals surface area contributed by atoms with Crippen molar-refractivity contribution in [2.24, 2.45) is 0 Å². The van der Waals surface area contributed by atoms with Gasteiger partial charge in [-0.25, -0.2) is 9.97 Å². The van der Waals surface area contributed by atoms with Gasteiger partial charge in [-0.2, -0.15) is 0 Å². The van der Waals surface area contributed by atoms with Crippen molar-refractivity contribution in [1.29, 1.82) is 0 Å². The van der Waals surface area contributed by atoms with Gasteiger partial charge in [0.1, 0.15) is 11.5 Å². The van der Waals surface area contributed by atoms with Crippen molar-refractivity contribution in [2.45, 2.75) is 5.41 Å². The van der Waals surface area contributed by atoms with Crippen molar-refractivity contribution < 1.29 is 4.74 Å². The maximum Gasteiger partial charge on any atom is 0.160 e. The molecule has 0 amide bonds. The molecule has 1 aliphatic heterocycles. The van der Waals surface area contributed by atoms with Crippen LogP contribution >= 0.6 is 11.3 Å². The normalized spacial score (nSPS) is 13.4. The molecule has 0 atom stereocenters. The first-order valence-electron chi connectivity index (χ1n) is 17.2. The first-order valence-corrected chi connectivity index (χ1v) is 18.1. The highest BCUT2D eigenvalue weighted by molar-refractivity contribution is 7.26. The van der Waals surface area contributed by atoms with Crippen LogP contribution in [0.1, 0.15) is 22.3 Å². The predicted molar refractivity (Wildman–Crippen MR) is 209 cm³/mol. The fourth-order valence-electron chi connectivity index (χ4n) is 8.36. The van der Waals surface area contributed by atoms with Crippen molar-refractivity contribution in [3.05, 3.63) is 192 Å². The molecule has 0 saturated carbocycles. The Balaban J connectivity index is 1.06. The molecular weight excluding hydrogens is 641 g/mol. The molecule has 4 heteroatoms. The molecule has 0 fully saturated rings.